The van der Waals surface area contributed by atoms with E-state index in [9.17, 15) is 9.50 Å². The lowest BCUT2D eigenvalue weighted by atomic mass is 10.2. The number of aromatic nitrogens is 2. The molecule has 0 radical (unpaired) electrons. The van der Waals surface area contributed by atoms with Crippen molar-refractivity contribution in [2.45, 2.75) is 0 Å². The summed E-state index contributed by atoms with van der Waals surface area (Å²) >= 11 is 2.99. The average molecular weight is 289 g/mol. The molecular weight excluding hydrogens is 283 g/mol. The van der Waals surface area contributed by atoms with Gasteiger partial charge >= 0.3 is 6.01 Å². The van der Waals surface area contributed by atoms with E-state index < -0.39 is 17.7 Å². The lowest BCUT2D eigenvalue weighted by Gasteiger charge is -2.07. The van der Waals surface area contributed by atoms with Crippen molar-refractivity contribution in [3.8, 4) is 17.6 Å². The van der Waals surface area contributed by atoms with Gasteiger partial charge in [-0.2, -0.15) is 9.97 Å². The van der Waals surface area contributed by atoms with Gasteiger partial charge in [0.2, 0.25) is 5.88 Å². The van der Waals surface area contributed by atoms with E-state index in [0.717, 1.165) is 0 Å². The molecule has 0 unspecified atom stereocenters. The molecule has 84 valence electrons. The lowest BCUT2D eigenvalue weighted by Crippen LogP contribution is -1.93. The summed E-state index contributed by atoms with van der Waals surface area (Å²) in [6.45, 7) is 0. The molecule has 0 amide bonds. The predicted molar refractivity (Wildman–Crippen MR) is 57.1 cm³/mol. The van der Waals surface area contributed by atoms with Crippen LogP contribution in [0.5, 0.6) is 17.6 Å². The van der Waals surface area contributed by atoms with Gasteiger partial charge in [0.1, 0.15) is 11.3 Å². The van der Waals surface area contributed by atoms with Crippen molar-refractivity contribution < 1.29 is 19.3 Å². The van der Waals surface area contributed by atoms with Gasteiger partial charge in [0.15, 0.2) is 5.82 Å². The van der Waals surface area contributed by atoms with Gasteiger partial charge in [-0.05, 0) is 22.0 Å². The summed E-state index contributed by atoms with van der Waals surface area (Å²) < 4.78 is 18.7. The standard InChI is InChI=1S/C9H6BrFN2O3/c1-16-4-2-3-7(6(11)5(4)10)12-9(15)13-8(3)14/h2H,1H3,(H2,12,13,14,15). The lowest BCUT2D eigenvalue weighted by molar-refractivity contribution is 0.398. The zero-order chi connectivity index (χ0) is 11.9. The molecule has 16 heavy (non-hydrogen) atoms. The number of nitrogens with zero attached hydrogens (tertiary/aromatic N) is 2. The molecule has 1 aromatic heterocycles. The molecule has 2 aromatic rings. The summed E-state index contributed by atoms with van der Waals surface area (Å²) in [5.41, 5.74) is -0.183. The number of benzene rings is 1. The Hall–Kier alpha value is -1.63. The van der Waals surface area contributed by atoms with Crippen LogP contribution in [0.15, 0.2) is 10.5 Å². The number of rotatable bonds is 1. The van der Waals surface area contributed by atoms with Crippen LogP contribution < -0.4 is 4.74 Å². The van der Waals surface area contributed by atoms with Gasteiger partial charge in [0, 0.05) is 0 Å². The van der Waals surface area contributed by atoms with Gasteiger partial charge in [-0.15, -0.1) is 0 Å². The molecule has 7 heteroatoms. The first-order chi connectivity index (χ1) is 7.54. The third-order valence-electron chi connectivity index (χ3n) is 2.03. The van der Waals surface area contributed by atoms with Crippen LogP contribution in [0.3, 0.4) is 0 Å². The minimum Gasteiger partial charge on any atom is -0.495 e. The smallest absolute Gasteiger partial charge is 0.317 e. The summed E-state index contributed by atoms with van der Waals surface area (Å²) in [6.07, 6.45) is 0. The first-order valence-electron chi connectivity index (χ1n) is 4.16. The topological polar surface area (TPSA) is 75.5 Å². The molecule has 1 heterocycles. The van der Waals surface area contributed by atoms with Crippen LogP contribution in [0.4, 0.5) is 4.39 Å². The highest BCUT2D eigenvalue weighted by molar-refractivity contribution is 9.10. The molecule has 0 atom stereocenters. The highest BCUT2D eigenvalue weighted by atomic mass is 79.9. The molecule has 0 saturated carbocycles. The van der Waals surface area contributed by atoms with E-state index in [-0.39, 0.29) is 21.1 Å². The molecule has 0 aliphatic carbocycles. The maximum Gasteiger partial charge on any atom is 0.317 e. The van der Waals surface area contributed by atoms with E-state index in [4.69, 9.17) is 9.84 Å². The van der Waals surface area contributed by atoms with Gasteiger partial charge in [0.25, 0.3) is 0 Å². The van der Waals surface area contributed by atoms with E-state index in [1.807, 2.05) is 0 Å². The fraction of sp³-hybridized carbons (Fsp3) is 0.111. The minimum absolute atomic E-state index is 0.0651. The highest BCUT2D eigenvalue weighted by Gasteiger charge is 2.17. The second-order valence-corrected chi connectivity index (χ2v) is 3.74. The van der Waals surface area contributed by atoms with Crippen LogP contribution in [0.2, 0.25) is 0 Å². The summed E-state index contributed by atoms with van der Waals surface area (Å²) in [4.78, 5) is 6.81. The number of aromatic hydroxyl groups is 2. The van der Waals surface area contributed by atoms with E-state index in [0.29, 0.717) is 0 Å². The summed E-state index contributed by atoms with van der Waals surface area (Å²) in [7, 11) is 1.36. The number of halogens is 2. The molecule has 2 N–H and O–H groups in total. The summed E-state index contributed by atoms with van der Waals surface area (Å²) in [5.74, 6) is -1.04. The molecule has 0 bridgehead atoms. The van der Waals surface area contributed by atoms with Crippen molar-refractivity contribution >= 4 is 26.8 Å². The van der Waals surface area contributed by atoms with Crippen molar-refractivity contribution in [2.24, 2.45) is 0 Å². The number of hydrogen-bond acceptors (Lipinski definition) is 5. The first-order valence-corrected chi connectivity index (χ1v) is 4.95. The first kappa shape index (κ1) is 10.9. The third-order valence-corrected chi connectivity index (χ3v) is 2.76. The SMILES string of the molecule is COc1cc2c(O)nc(O)nc2c(F)c1Br. The zero-order valence-electron chi connectivity index (χ0n) is 8.03. The Labute approximate surface area is 97.7 Å². The minimum atomic E-state index is -0.734. The average Bonchev–Trinajstić information content (AvgIpc) is 2.24. The van der Waals surface area contributed by atoms with Crippen LogP contribution >= 0.6 is 15.9 Å². The molecule has 0 fully saturated rings. The van der Waals surface area contributed by atoms with E-state index >= 15 is 0 Å². The fourth-order valence-corrected chi connectivity index (χ4v) is 1.77. The Bertz CT molecular complexity index is 576. The van der Waals surface area contributed by atoms with Crippen LogP contribution in [0, 0.1) is 5.82 Å². The highest BCUT2D eigenvalue weighted by Crippen LogP contribution is 2.36. The normalized spacial score (nSPS) is 10.7. The monoisotopic (exact) mass is 288 g/mol. The Morgan fingerprint density at radius 1 is 1.38 bits per heavy atom. The van der Waals surface area contributed by atoms with E-state index in [2.05, 4.69) is 25.9 Å². The molecule has 1 aromatic carbocycles. The Kier molecular flexibility index (Phi) is 2.55. The number of methoxy groups -OCH3 is 1. The van der Waals surface area contributed by atoms with Crippen LogP contribution in [-0.2, 0) is 0 Å². The summed E-state index contributed by atoms with van der Waals surface area (Å²) in [6, 6.07) is 0.679. The maximum absolute atomic E-state index is 13.8. The summed E-state index contributed by atoms with van der Waals surface area (Å²) in [5, 5.41) is 18.6. The molecule has 2 rings (SSSR count). The van der Waals surface area contributed by atoms with Crippen molar-refractivity contribution in [3.05, 3.63) is 16.4 Å². The van der Waals surface area contributed by atoms with Crippen molar-refractivity contribution in [1.82, 2.24) is 9.97 Å². The van der Waals surface area contributed by atoms with Gasteiger partial charge < -0.3 is 14.9 Å². The Morgan fingerprint density at radius 2 is 2.06 bits per heavy atom. The second kappa shape index (κ2) is 3.75. The molecule has 0 spiro atoms. The number of hydrogen-bond donors (Lipinski definition) is 2. The molecule has 0 aliphatic heterocycles. The zero-order valence-corrected chi connectivity index (χ0v) is 9.62. The van der Waals surface area contributed by atoms with Crippen LogP contribution in [0.1, 0.15) is 0 Å². The van der Waals surface area contributed by atoms with Gasteiger partial charge in [-0.1, -0.05) is 0 Å². The van der Waals surface area contributed by atoms with E-state index in [1.165, 1.54) is 13.2 Å². The van der Waals surface area contributed by atoms with Gasteiger partial charge in [-0.25, -0.2) is 4.39 Å². The quantitative estimate of drug-likeness (QED) is 0.839. The number of fused-ring (bicyclic) bond motifs is 1. The predicted octanol–water partition coefficient (Wildman–Crippen LogP) is 1.95. The Morgan fingerprint density at radius 3 is 2.69 bits per heavy atom. The van der Waals surface area contributed by atoms with Crippen molar-refractivity contribution in [1.29, 1.82) is 0 Å². The van der Waals surface area contributed by atoms with Gasteiger partial charge in [-0.3, -0.25) is 0 Å². The largest absolute Gasteiger partial charge is 0.495 e. The third kappa shape index (κ3) is 1.53. The Balaban J connectivity index is 2.92. The fourth-order valence-electron chi connectivity index (χ4n) is 1.30. The second-order valence-electron chi connectivity index (χ2n) is 2.95. The van der Waals surface area contributed by atoms with E-state index in [1.54, 1.807) is 0 Å². The molecule has 0 saturated heterocycles. The maximum atomic E-state index is 13.8. The van der Waals surface area contributed by atoms with Crippen LogP contribution in [-0.4, -0.2) is 27.3 Å². The number of ether oxygens (including phenoxy) is 1. The van der Waals surface area contributed by atoms with Crippen LogP contribution in [0.25, 0.3) is 10.9 Å². The van der Waals surface area contributed by atoms with Crippen molar-refractivity contribution in [3.63, 3.8) is 0 Å². The molecule has 0 aliphatic rings. The molecule has 5 nitrogen and oxygen atoms in total. The van der Waals surface area contributed by atoms with Crippen molar-refractivity contribution in [2.75, 3.05) is 7.11 Å². The van der Waals surface area contributed by atoms with Gasteiger partial charge in [0.05, 0.1) is 17.0 Å². The molecular formula is C9H6BrFN2O3.